The van der Waals surface area contributed by atoms with Crippen molar-refractivity contribution in [2.45, 2.75) is 0 Å². The molecule has 0 aliphatic carbocycles. The number of hydrogen-bond donors (Lipinski definition) is 1. The van der Waals surface area contributed by atoms with Crippen molar-refractivity contribution in [1.82, 2.24) is 4.98 Å². The minimum absolute atomic E-state index is 0.634. The van der Waals surface area contributed by atoms with E-state index in [1.807, 2.05) is 6.07 Å². The molecule has 0 aliphatic rings. The van der Waals surface area contributed by atoms with Gasteiger partial charge in [0, 0.05) is 22.5 Å². The van der Waals surface area contributed by atoms with Gasteiger partial charge in [0.2, 0.25) is 0 Å². The van der Waals surface area contributed by atoms with Crippen molar-refractivity contribution in [3.05, 3.63) is 36.2 Å². The number of nitrogens with zero attached hydrogens (tertiary/aromatic N) is 1. The first kappa shape index (κ1) is 7.73. The van der Waals surface area contributed by atoms with Gasteiger partial charge >= 0.3 is 0 Å². The fourth-order valence-corrected chi connectivity index (χ4v) is 1.29. The van der Waals surface area contributed by atoms with E-state index in [0.717, 1.165) is 17.1 Å². The van der Waals surface area contributed by atoms with E-state index in [1.54, 1.807) is 24.5 Å². The third kappa shape index (κ3) is 1.24. The van der Waals surface area contributed by atoms with E-state index < -0.39 is 0 Å². The summed E-state index contributed by atoms with van der Waals surface area (Å²) in [5.41, 5.74) is 6.97. The molecule has 0 radical (unpaired) electrons. The van der Waals surface area contributed by atoms with Crippen molar-refractivity contribution in [3.8, 4) is 0 Å². The standard InChI is InChI=1S/C10H8N2O/c11-10-5-12-4-8-3-7(6-13)1-2-9(8)10/h1-6H,11H2. The van der Waals surface area contributed by atoms with Gasteiger partial charge in [-0.15, -0.1) is 0 Å². The van der Waals surface area contributed by atoms with Gasteiger partial charge in [-0.3, -0.25) is 9.78 Å². The molecule has 0 fully saturated rings. The number of anilines is 1. The zero-order valence-electron chi connectivity index (χ0n) is 6.90. The lowest BCUT2D eigenvalue weighted by atomic mass is 10.1. The monoisotopic (exact) mass is 172 g/mol. The Morgan fingerprint density at radius 2 is 2.15 bits per heavy atom. The van der Waals surface area contributed by atoms with Crippen molar-refractivity contribution in [2.24, 2.45) is 0 Å². The molecule has 0 bridgehead atoms. The Morgan fingerprint density at radius 1 is 1.31 bits per heavy atom. The molecule has 0 unspecified atom stereocenters. The highest BCUT2D eigenvalue weighted by Gasteiger charge is 1.98. The third-order valence-electron chi connectivity index (χ3n) is 1.95. The zero-order chi connectivity index (χ0) is 9.26. The molecule has 0 saturated carbocycles. The Balaban J connectivity index is 2.79. The van der Waals surface area contributed by atoms with Crippen LogP contribution < -0.4 is 5.73 Å². The number of carbonyl (C=O) groups is 1. The molecule has 0 atom stereocenters. The van der Waals surface area contributed by atoms with Gasteiger partial charge in [0.05, 0.1) is 11.9 Å². The second-order valence-electron chi connectivity index (χ2n) is 2.83. The summed E-state index contributed by atoms with van der Waals surface area (Å²) in [5, 5.41) is 1.82. The van der Waals surface area contributed by atoms with Crippen LogP contribution in [0, 0.1) is 0 Å². The summed E-state index contributed by atoms with van der Waals surface area (Å²) in [5.74, 6) is 0. The second kappa shape index (κ2) is 2.86. The van der Waals surface area contributed by atoms with Gasteiger partial charge in [-0.2, -0.15) is 0 Å². The summed E-state index contributed by atoms with van der Waals surface area (Å²) >= 11 is 0. The van der Waals surface area contributed by atoms with Gasteiger partial charge in [-0.05, 0) is 6.07 Å². The lowest BCUT2D eigenvalue weighted by Gasteiger charge is -2.00. The topological polar surface area (TPSA) is 56.0 Å². The van der Waals surface area contributed by atoms with Crippen LogP contribution >= 0.6 is 0 Å². The highest BCUT2D eigenvalue weighted by Crippen LogP contribution is 2.19. The largest absolute Gasteiger partial charge is 0.397 e. The van der Waals surface area contributed by atoms with Crippen molar-refractivity contribution >= 4 is 22.7 Å². The average molecular weight is 172 g/mol. The van der Waals surface area contributed by atoms with E-state index in [4.69, 9.17) is 5.73 Å². The molecule has 2 N–H and O–H groups in total. The van der Waals surface area contributed by atoms with E-state index in [-0.39, 0.29) is 0 Å². The highest BCUT2D eigenvalue weighted by molar-refractivity contribution is 5.95. The van der Waals surface area contributed by atoms with Crippen molar-refractivity contribution in [2.75, 3.05) is 5.73 Å². The minimum atomic E-state index is 0.634. The Labute approximate surface area is 75.2 Å². The molecular formula is C10H8N2O. The SMILES string of the molecule is Nc1cncc2cc(C=O)ccc12. The van der Waals surface area contributed by atoms with Crippen LogP contribution in [-0.2, 0) is 0 Å². The van der Waals surface area contributed by atoms with Gasteiger partial charge < -0.3 is 5.73 Å². The Bertz CT molecular complexity index is 465. The molecule has 3 heteroatoms. The molecular weight excluding hydrogens is 164 g/mol. The maximum Gasteiger partial charge on any atom is 0.150 e. The van der Waals surface area contributed by atoms with Gasteiger partial charge in [0.1, 0.15) is 6.29 Å². The molecule has 13 heavy (non-hydrogen) atoms. The Hall–Kier alpha value is -1.90. The summed E-state index contributed by atoms with van der Waals surface area (Å²) in [6.07, 6.45) is 4.10. The average Bonchev–Trinajstić information content (AvgIpc) is 2.18. The number of hydrogen-bond acceptors (Lipinski definition) is 3. The number of fused-ring (bicyclic) bond motifs is 1. The van der Waals surface area contributed by atoms with E-state index >= 15 is 0 Å². The van der Waals surface area contributed by atoms with Crippen LogP contribution in [0.25, 0.3) is 10.8 Å². The summed E-state index contributed by atoms with van der Waals surface area (Å²) < 4.78 is 0. The van der Waals surface area contributed by atoms with Crippen LogP contribution in [0.4, 0.5) is 5.69 Å². The summed E-state index contributed by atoms with van der Waals surface area (Å²) in [6, 6.07) is 5.34. The number of aromatic nitrogens is 1. The molecule has 2 rings (SSSR count). The van der Waals surface area contributed by atoms with Crippen LogP contribution in [-0.4, -0.2) is 11.3 Å². The van der Waals surface area contributed by atoms with E-state index in [2.05, 4.69) is 4.98 Å². The molecule has 3 nitrogen and oxygen atoms in total. The molecule has 0 saturated heterocycles. The van der Waals surface area contributed by atoms with Crippen molar-refractivity contribution in [3.63, 3.8) is 0 Å². The quantitative estimate of drug-likeness (QED) is 0.665. The lowest BCUT2D eigenvalue weighted by Crippen LogP contribution is -1.89. The molecule has 0 spiro atoms. The van der Waals surface area contributed by atoms with Crippen LogP contribution in [0.1, 0.15) is 10.4 Å². The molecule has 64 valence electrons. The fourth-order valence-electron chi connectivity index (χ4n) is 1.29. The number of benzene rings is 1. The van der Waals surface area contributed by atoms with Crippen LogP contribution in [0.5, 0.6) is 0 Å². The van der Waals surface area contributed by atoms with Crippen LogP contribution in [0.3, 0.4) is 0 Å². The Morgan fingerprint density at radius 3 is 2.92 bits per heavy atom. The number of carbonyl (C=O) groups excluding carboxylic acids is 1. The second-order valence-corrected chi connectivity index (χ2v) is 2.83. The zero-order valence-corrected chi connectivity index (χ0v) is 6.90. The number of aldehydes is 1. The van der Waals surface area contributed by atoms with E-state index in [1.165, 1.54) is 0 Å². The third-order valence-corrected chi connectivity index (χ3v) is 1.95. The molecule has 1 aromatic carbocycles. The summed E-state index contributed by atoms with van der Waals surface area (Å²) in [7, 11) is 0. The summed E-state index contributed by atoms with van der Waals surface area (Å²) in [4.78, 5) is 14.4. The maximum atomic E-state index is 10.5. The van der Waals surface area contributed by atoms with Gasteiger partial charge in [0.25, 0.3) is 0 Å². The van der Waals surface area contributed by atoms with E-state index in [0.29, 0.717) is 11.3 Å². The smallest absolute Gasteiger partial charge is 0.150 e. The highest BCUT2D eigenvalue weighted by atomic mass is 16.1. The van der Waals surface area contributed by atoms with Crippen molar-refractivity contribution < 1.29 is 4.79 Å². The predicted octanol–water partition coefficient (Wildman–Crippen LogP) is 1.63. The van der Waals surface area contributed by atoms with Crippen molar-refractivity contribution in [1.29, 1.82) is 0 Å². The first-order valence-corrected chi connectivity index (χ1v) is 3.89. The van der Waals surface area contributed by atoms with Gasteiger partial charge in [-0.25, -0.2) is 0 Å². The molecule has 2 aromatic rings. The molecule has 0 aliphatic heterocycles. The number of pyridine rings is 1. The van der Waals surface area contributed by atoms with Crippen LogP contribution in [0.2, 0.25) is 0 Å². The first-order valence-electron chi connectivity index (χ1n) is 3.89. The fraction of sp³-hybridized carbons (Fsp3) is 0. The van der Waals surface area contributed by atoms with Crippen LogP contribution in [0.15, 0.2) is 30.6 Å². The predicted molar refractivity (Wildman–Crippen MR) is 51.5 cm³/mol. The number of nitrogen functional groups attached to an aromatic ring is 1. The molecule has 1 aromatic heterocycles. The Kier molecular flexibility index (Phi) is 1.70. The molecule has 1 heterocycles. The number of rotatable bonds is 1. The number of nitrogens with two attached hydrogens (primary N) is 1. The normalized spacial score (nSPS) is 10.2. The van der Waals surface area contributed by atoms with E-state index in [9.17, 15) is 4.79 Å². The lowest BCUT2D eigenvalue weighted by molar-refractivity contribution is 0.112. The maximum absolute atomic E-state index is 10.5. The molecule has 0 amide bonds. The van der Waals surface area contributed by atoms with Gasteiger partial charge in [-0.1, -0.05) is 12.1 Å². The first-order chi connectivity index (χ1) is 6.31. The minimum Gasteiger partial charge on any atom is -0.397 e. The van der Waals surface area contributed by atoms with Gasteiger partial charge in [0.15, 0.2) is 0 Å². The summed E-state index contributed by atoms with van der Waals surface area (Å²) in [6.45, 7) is 0.